The molecule has 2 N–H and O–H groups in total. The number of aromatic nitrogens is 2. The number of thiazole rings is 1. The van der Waals surface area contributed by atoms with Gasteiger partial charge in [-0.3, -0.25) is 9.69 Å². The molecule has 4 aromatic rings. The lowest BCUT2D eigenvalue weighted by atomic mass is 10.0. The second-order valence-corrected chi connectivity index (χ2v) is 12.6. The molecule has 0 aliphatic carbocycles. The largest absolute Gasteiger partial charge is 0.321 e. The van der Waals surface area contributed by atoms with E-state index in [9.17, 15) is 13.2 Å². The lowest BCUT2D eigenvalue weighted by Crippen LogP contribution is -2.52. The maximum atomic E-state index is 12.9. The SMILES string of the molecule is CC(C)C1CN(Cc2ccc3cc(-c4csc(CS(=O)(=O)c5ccccc5)n4)c(=O)[nH]c3c2)CCN1. The van der Waals surface area contributed by atoms with Crippen LogP contribution in [0.4, 0.5) is 0 Å². The second-order valence-electron chi connectivity index (χ2n) is 9.67. The molecule has 0 radical (unpaired) electrons. The Morgan fingerprint density at radius 3 is 2.72 bits per heavy atom. The van der Waals surface area contributed by atoms with Crippen molar-refractivity contribution < 1.29 is 8.42 Å². The summed E-state index contributed by atoms with van der Waals surface area (Å²) in [4.78, 5) is 23.1. The highest BCUT2D eigenvalue weighted by Crippen LogP contribution is 2.25. The van der Waals surface area contributed by atoms with Crippen LogP contribution in [0.3, 0.4) is 0 Å². The molecule has 5 rings (SSSR count). The highest BCUT2D eigenvalue weighted by Gasteiger charge is 2.22. The molecule has 1 unspecified atom stereocenters. The first-order chi connectivity index (χ1) is 17.3. The summed E-state index contributed by atoms with van der Waals surface area (Å²) in [6.07, 6.45) is 0. The van der Waals surface area contributed by atoms with Crippen LogP contribution in [0, 0.1) is 5.92 Å². The second kappa shape index (κ2) is 10.3. The summed E-state index contributed by atoms with van der Waals surface area (Å²) < 4.78 is 25.4. The Kier molecular flexibility index (Phi) is 7.07. The standard InChI is InChI=1S/C27H30N4O3S2/c1-18(2)24-15-31(11-10-28-24)14-19-8-9-20-13-22(27(32)30-23(20)12-19)25-16-35-26(29-25)17-36(33,34)21-6-4-3-5-7-21/h3-9,12-13,16,18,24,28H,10-11,14-15,17H2,1-2H3,(H,30,32). The molecule has 188 valence electrons. The van der Waals surface area contributed by atoms with Gasteiger partial charge in [0.05, 0.1) is 16.2 Å². The van der Waals surface area contributed by atoms with Gasteiger partial charge in [0.2, 0.25) is 0 Å². The van der Waals surface area contributed by atoms with Gasteiger partial charge in [0.15, 0.2) is 9.84 Å². The Bertz CT molecular complexity index is 1530. The molecular weight excluding hydrogens is 492 g/mol. The van der Waals surface area contributed by atoms with E-state index >= 15 is 0 Å². The molecule has 0 saturated carbocycles. The number of pyridine rings is 1. The van der Waals surface area contributed by atoms with Gasteiger partial charge >= 0.3 is 0 Å². The zero-order valence-electron chi connectivity index (χ0n) is 20.4. The highest BCUT2D eigenvalue weighted by molar-refractivity contribution is 7.90. The van der Waals surface area contributed by atoms with E-state index in [1.807, 2.05) is 18.2 Å². The first kappa shape index (κ1) is 24.8. The molecular formula is C27H30N4O3S2. The molecule has 0 spiro atoms. The molecule has 1 atom stereocenters. The first-order valence-electron chi connectivity index (χ1n) is 12.1. The number of nitrogens with one attached hydrogen (secondary N) is 2. The number of aromatic amines is 1. The van der Waals surface area contributed by atoms with Gasteiger partial charge < -0.3 is 10.3 Å². The third-order valence-corrected chi connectivity index (χ3v) is 9.33. The number of H-pyrrole nitrogens is 1. The van der Waals surface area contributed by atoms with Gasteiger partial charge in [0.25, 0.3) is 5.56 Å². The van der Waals surface area contributed by atoms with Gasteiger partial charge in [-0.25, -0.2) is 13.4 Å². The fourth-order valence-electron chi connectivity index (χ4n) is 4.60. The topological polar surface area (TPSA) is 95.2 Å². The van der Waals surface area contributed by atoms with Crippen LogP contribution >= 0.6 is 11.3 Å². The van der Waals surface area contributed by atoms with Crippen LogP contribution in [0.25, 0.3) is 22.2 Å². The van der Waals surface area contributed by atoms with E-state index < -0.39 is 9.84 Å². The fraction of sp³-hybridized carbons (Fsp3) is 0.333. The van der Waals surface area contributed by atoms with Crippen molar-refractivity contribution in [3.05, 3.63) is 80.9 Å². The number of hydrogen-bond donors (Lipinski definition) is 2. The summed E-state index contributed by atoms with van der Waals surface area (Å²) in [5, 5.41) is 6.71. The van der Waals surface area contributed by atoms with Crippen LogP contribution < -0.4 is 10.9 Å². The number of sulfone groups is 1. The minimum absolute atomic E-state index is 0.194. The van der Waals surface area contributed by atoms with Crippen molar-refractivity contribution in [2.75, 3.05) is 19.6 Å². The van der Waals surface area contributed by atoms with Crippen molar-refractivity contribution in [1.29, 1.82) is 0 Å². The summed E-state index contributed by atoms with van der Waals surface area (Å²) in [5.74, 6) is 0.393. The van der Waals surface area contributed by atoms with Crippen molar-refractivity contribution >= 4 is 32.1 Å². The number of benzene rings is 2. The Morgan fingerprint density at radius 1 is 1.14 bits per heavy atom. The van der Waals surface area contributed by atoms with Gasteiger partial charge in [-0.1, -0.05) is 44.2 Å². The van der Waals surface area contributed by atoms with Crippen LogP contribution in [-0.4, -0.2) is 49.0 Å². The van der Waals surface area contributed by atoms with Crippen molar-refractivity contribution in [3.8, 4) is 11.3 Å². The van der Waals surface area contributed by atoms with Crippen LogP contribution in [0.2, 0.25) is 0 Å². The Hall–Kier alpha value is -2.85. The van der Waals surface area contributed by atoms with E-state index in [1.54, 1.807) is 35.7 Å². The molecule has 0 amide bonds. The minimum Gasteiger partial charge on any atom is -0.321 e. The lowest BCUT2D eigenvalue weighted by Gasteiger charge is -2.35. The maximum Gasteiger partial charge on any atom is 0.257 e. The molecule has 36 heavy (non-hydrogen) atoms. The van der Waals surface area contributed by atoms with Gasteiger partial charge in [-0.05, 0) is 41.1 Å². The Balaban J connectivity index is 1.35. The van der Waals surface area contributed by atoms with E-state index in [0.717, 1.165) is 42.6 Å². The number of nitrogens with zero attached hydrogens (tertiary/aromatic N) is 2. The van der Waals surface area contributed by atoms with Gasteiger partial charge in [0, 0.05) is 43.1 Å². The number of piperazine rings is 1. The molecule has 0 bridgehead atoms. The molecule has 7 nitrogen and oxygen atoms in total. The van der Waals surface area contributed by atoms with Gasteiger partial charge in [-0.2, -0.15) is 0 Å². The van der Waals surface area contributed by atoms with Gasteiger partial charge in [-0.15, -0.1) is 11.3 Å². The monoisotopic (exact) mass is 522 g/mol. The molecule has 1 aliphatic rings. The van der Waals surface area contributed by atoms with Crippen LogP contribution in [0.5, 0.6) is 0 Å². The predicted octanol–water partition coefficient (Wildman–Crippen LogP) is 4.06. The van der Waals surface area contributed by atoms with Crippen molar-refractivity contribution in [3.63, 3.8) is 0 Å². The van der Waals surface area contributed by atoms with Crippen molar-refractivity contribution in [2.45, 2.75) is 37.1 Å². The minimum atomic E-state index is -3.50. The van der Waals surface area contributed by atoms with E-state index in [2.05, 4.69) is 40.1 Å². The van der Waals surface area contributed by atoms with Crippen molar-refractivity contribution in [1.82, 2.24) is 20.2 Å². The number of fused-ring (bicyclic) bond motifs is 1. The average molecular weight is 523 g/mol. The number of hydrogen-bond acceptors (Lipinski definition) is 7. The summed E-state index contributed by atoms with van der Waals surface area (Å²) in [7, 11) is -3.50. The van der Waals surface area contributed by atoms with E-state index in [1.165, 1.54) is 11.3 Å². The summed E-state index contributed by atoms with van der Waals surface area (Å²) in [6, 6.07) is 16.9. The maximum absolute atomic E-state index is 12.9. The third-order valence-electron chi connectivity index (χ3n) is 6.65. The Morgan fingerprint density at radius 2 is 1.94 bits per heavy atom. The molecule has 3 heterocycles. The summed E-state index contributed by atoms with van der Waals surface area (Å²) in [6.45, 7) is 8.33. The van der Waals surface area contributed by atoms with Crippen molar-refractivity contribution in [2.24, 2.45) is 5.92 Å². The zero-order valence-corrected chi connectivity index (χ0v) is 22.0. The Labute approximate surface area is 215 Å². The van der Waals surface area contributed by atoms with Crippen LogP contribution in [0.1, 0.15) is 24.4 Å². The predicted molar refractivity (Wildman–Crippen MR) is 145 cm³/mol. The van der Waals surface area contributed by atoms with E-state index in [-0.39, 0.29) is 16.2 Å². The molecule has 1 aliphatic heterocycles. The van der Waals surface area contributed by atoms with E-state index in [4.69, 9.17) is 0 Å². The lowest BCUT2D eigenvalue weighted by molar-refractivity contribution is 0.168. The molecule has 1 saturated heterocycles. The van der Waals surface area contributed by atoms with Crippen LogP contribution in [-0.2, 0) is 22.1 Å². The molecule has 2 aromatic heterocycles. The highest BCUT2D eigenvalue weighted by atomic mass is 32.2. The normalized spacial score (nSPS) is 17.1. The smallest absolute Gasteiger partial charge is 0.257 e. The third kappa shape index (κ3) is 5.44. The first-order valence-corrected chi connectivity index (χ1v) is 14.7. The van der Waals surface area contributed by atoms with Crippen LogP contribution in [0.15, 0.2) is 69.7 Å². The number of rotatable bonds is 7. The summed E-state index contributed by atoms with van der Waals surface area (Å²) in [5.41, 5.74) is 2.66. The van der Waals surface area contributed by atoms with Gasteiger partial charge in [0.1, 0.15) is 10.8 Å². The quantitative estimate of drug-likeness (QED) is 0.380. The molecule has 1 fully saturated rings. The molecule has 9 heteroatoms. The molecule has 2 aromatic carbocycles. The average Bonchev–Trinajstić information content (AvgIpc) is 3.31. The fourth-order valence-corrected chi connectivity index (χ4v) is 7.05. The summed E-state index contributed by atoms with van der Waals surface area (Å²) >= 11 is 1.25. The zero-order chi connectivity index (χ0) is 25.3. The van der Waals surface area contributed by atoms with E-state index in [0.29, 0.717) is 28.2 Å².